The van der Waals surface area contributed by atoms with E-state index in [1.54, 1.807) is 0 Å². The maximum absolute atomic E-state index is 9.10. The second-order valence-corrected chi connectivity index (χ2v) is 6.77. The highest BCUT2D eigenvalue weighted by molar-refractivity contribution is 5.36. The first-order chi connectivity index (χ1) is 11.0. The molecule has 1 aliphatic rings. The first-order valence-electron chi connectivity index (χ1n) is 8.45. The van der Waals surface area contributed by atoms with Gasteiger partial charge in [0, 0.05) is 29.8 Å². The average molecular weight is 313 g/mol. The molecular formula is C19H27N3O. The summed E-state index contributed by atoms with van der Waals surface area (Å²) in [5.41, 5.74) is 7.69. The summed E-state index contributed by atoms with van der Waals surface area (Å²) < 4.78 is 1.90. The van der Waals surface area contributed by atoms with E-state index in [9.17, 15) is 0 Å². The molecule has 0 radical (unpaired) electrons. The van der Waals surface area contributed by atoms with Gasteiger partial charge >= 0.3 is 0 Å². The van der Waals surface area contributed by atoms with Gasteiger partial charge < -0.3 is 10.4 Å². The summed E-state index contributed by atoms with van der Waals surface area (Å²) in [5.74, 6) is 0.641. The van der Waals surface area contributed by atoms with Gasteiger partial charge in [-0.2, -0.15) is 5.10 Å². The molecule has 1 heterocycles. The van der Waals surface area contributed by atoms with Gasteiger partial charge in [-0.25, -0.2) is 0 Å². The lowest BCUT2D eigenvalue weighted by molar-refractivity contribution is 0.267. The quantitative estimate of drug-likeness (QED) is 0.862. The van der Waals surface area contributed by atoms with Crippen molar-refractivity contribution in [3.63, 3.8) is 0 Å². The third-order valence-corrected chi connectivity index (χ3v) is 5.13. The highest BCUT2D eigenvalue weighted by Gasteiger charge is 2.38. The predicted octanol–water partition coefficient (Wildman–Crippen LogP) is 2.75. The van der Waals surface area contributed by atoms with E-state index in [4.69, 9.17) is 5.11 Å². The van der Waals surface area contributed by atoms with Crippen LogP contribution < -0.4 is 5.32 Å². The van der Waals surface area contributed by atoms with E-state index in [0.717, 1.165) is 17.9 Å². The fraction of sp³-hybridized carbons (Fsp3) is 0.526. The number of aromatic nitrogens is 2. The lowest BCUT2D eigenvalue weighted by atomic mass is 10.0. The van der Waals surface area contributed by atoms with Crippen LogP contribution in [0.5, 0.6) is 0 Å². The molecule has 4 heteroatoms. The van der Waals surface area contributed by atoms with Crippen LogP contribution in [0.1, 0.15) is 46.0 Å². The molecule has 1 fully saturated rings. The van der Waals surface area contributed by atoms with Crippen LogP contribution in [0.3, 0.4) is 0 Å². The van der Waals surface area contributed by atoms with Crippen LogP contribution in [-0.2, 0) is 13.1 Å². The molecule has 1 aromatic heterocycles. The first kappa shape index (κ1) is 16.2. The van der Waals surface area contributed by atoms with Gasteiger partial charge in [-0.15, -0.1) is 0 Å². The van der Waals surface area contributed by atoms with E-state index in [-0.39, 0.29) is 6.61 Å². The molecule has 124 valence electrons. The Kier molecular flexibility index (Phi) is 4.55. The second-order valence-electron chi connectivity index (χ2n) is 6.77. The molecule has 0 amide bonds. The number of rotatable bonds is 6. The fourth-order valence-corrected chi connectivity index (χ4v) is 3.32. The number of hydrogen-bond donors (Lipinski definition) is 2. The molecule has 3 rings (SSSR count). The van der Waals surface area contributed by atoms with Crippen molar-refractivity contribution in [1.29, 1.82) is 0 Å². The summed E-state index contributed by atoms with van der Waals surface area (Å²) >= 11 is 0. The Balaban J connectivity index is 1.61. The third kappa shape index (κ3) is 3.33. The van der Waals surface area contributed by atoms with Crippen LogP contribution in [0.25, 0.3) is 0 Å². The Labute approximate surface area is 138 Å². The van der Waals surface area contributed by atoms with E-state index in [1.165, 1.54) is 28.7 Å². The number of aliphatic hydroxyl groups excluding tert-OH is 1. The zero-order valence-corrected chi connectivity index (χ0v) is 14.6. The number of aliphatic hydroxyl groups is 1. The molecule has 0 bridgehead atoms. The summed E-state index contributed by atoms with van der Waals surface area (Å²) in [7, 11) is 0. The molecule has 2 atom stereocenters. The molecular weight excluding hydrogens is 286 g/mol. The van der Waals surface area contributed by atoms with Crippen LogP contribution in [0, 0.1) is 27.7 Å². The van der Waals surface area contributed by atoms with Gasteiger partial charge in [-0.05, 0) is 50.8 Å². The second kappa shape index (κ2) is 6.46. The summed E-state index contributed by atoms with van der Waals surface area (Å²) in [4.78, 5) is 0. The molecule has 0 aliphatic heterocycles. The van der Waals surface area contributed by atoms with Crippen molar-refractivity contribution in [3.05, 3.63) is 51.8 Å². The van der Waals surface area contributed by atoms with Crippen molar-refractivity contribution in [2.24, 2.45) is 0 Å². The molecule has 0 unspecified atom stereocenters. The van der Waals surface area contributed by atoms with Gasteiger partial charge in [0.2, 0.25) is 0 Å². The summed E-state index contributed by atoms with van der Waals surface area (Å²) in [5, 5.41) is 17.3. The minimum absolute atomic E-state index is 0.131. The highest BCUT2D eigenvalue weighted by atomic mass is 16.3. The molecule has 4 nitrogen and oxygen atoms in total. The molecule has 0 saturated heterocycles. The minimum Gasteiger partial charge on any atom is -0.394 e. The molecule has 2 aromatic rings. The number of nitrogens with zero attached hydrogens (tertiary/aromatic N) is 2. The topological polar surface area (TPSA) is 50.1 Å². The summed E-state index contributed by atoms with van der Waals surface area (Å²) in [6, 6.07) is 7.40. The lowest BCUT2D eigenvalue weighted by Crippen LogP contribution is -2.18. The minimum atomic E-state index is 0.131. The van der Waals surface area contributed by atoms with Gasteiger partial charge in [0.15, 0.2) is 0 Å². The Morgan fingerprint density at radius 3 is 2.70 bits per heavy atom. The zero-order chi connectivity index (χ0) is 16.6. The van der Waals surface area contributed by atoms with Gasteiger partial charge in [-0.3, -0.25) is 4.68 Å². The van der Waals surface area contributed by atoms with Crippen molar-refractivity contribution in [1.82, 2.24) is 15.1 Å². The number of aryl methyl sites for hydroxylation is 3. The Morgan fingerprint density at radius 2 is 2.00 bits per heavy atom. The van der Waals surface area contributed by atoms with Crippen molar-refractivity contribution in [3.8, 4) is 0 Å². The number of hydrogen-bond acceptors (Lipinski definition) is 3. The van der Waals surface area contributed by atoms with E-state index in [2.05, 4.69) is 49.4 Å². The SMILES string of the molecule is Cc1ccc([C@H]2C[C@@H]2NCc2c(C)nn(CCO)c2C)cc1C. The maximum Gasteiger partial charge on any atom is 0.0644 e. The van der Waals surface area contributed by atoms with E-state index >= 15 is 0 Å². The van der Waals surface area contributed by atoms with Crippen LogP contribution in [0.15, 0.2) is 18.2 Å². The smallest absolute Gasteiger partial charge is 0.0644 e. The number of benzene rings is 1. The first-order valence-corrected chi connectivity index (χ1v) is 8.45. The van der Waals surface area contributed by atoms with Crippen molar-refractivity contribution >= 4 is 0 Å². The molecule has 1 aromatic carbocycles. The van der Waals surface area contributed by atoms with Crippen LogP contribution in [0.2, 0.25) is 0 Å². The van der Waals surface area contributed by atoms with Crippen LogP contribution >= 0.6 is 0 Å². The van der Waals surface area contributed by atoms with E-state index in [0.29, 0.717) is 18.5 Å². The third-order valence-electron chi connectivity index (χ3n) is 5.13. The Bertz CT molecular complexity index is 705. The summed E-state index contributed by atoms with van der Waals surface area (Å²) in [6.07, 6.45) is 1.21. The largest absolute Gasteiger partial charge is 0.394 e. The van der Waals surface area contributed by atoms with Gasteiger partial charge in [0.1, 0.15) is 0 Å². The van der Waals surface area contributed by atoms with Gasteiger partial charge in [0.25, 0.3) is 0 Å². The standard InChI is InChI=1S/C19H27N3O/c1-12-5-6-16(9-13(12)2)17-10-19(17)20-11-18-14(3)21-22(7-8-23)15(18)4/h5-6,9,17,19-20,23H,7-8,10-11H2,1-4H3/t17-,19+/m1/s1. The summed E-state index contributed by atoms with van der Waals surface area (Å²) in [6.45, 7) is 10.0. The fourth-order valence-electron chi connectivity index (χ4n) is 3.32. The highest BCUT2D eigenvalue weighted by Crippen LogP contribution is 2.41. The van der Waals surface area contributed by atoms with Crippen molar-refractivity contribution in [2.45, 2.75) is 59.2 Å². The Hall–Kier alpha value is -1.65. The molecule has 23 heavy (non-hydrogen) atoms. The van der Waals surface area contributed by atoms with Crippen LogP contribution in [0.4, 0.5) is 0 Å². The molecule has 1 saturated carbocycles. The maximum atomic E-state index is 9.10. The Morgan fingerprint density at radius 1 is 1.22 bits per heavy atom. The van der Waals surface area contributed by atoms with Gasteiger partial charge in [0.05, 0.1) is 18.8 Å². The lowest BCUT2D eigenvalue weighted by Gasteiger charge is -2.07. The van der Waals surface area contributed by atoms with Crippen LogP contribution in [-0.4, -0.2) is 27.5 Å². The zero-order valence-electron chi connectivity index (χ0n) is 14.6. The van der Waals surface area contributed by atoms with Crippen molar-refractivity contribution in [2.75, 3.05) is 6.61 Å². The molecule has 0 spiro atoms. The molecule has 1 aliphatic carbocycles. The average Bonchev–Trinajstić information content (AvgIpc) is 3.23. The normalized spacial score (nSPS) is 20.0. The molecule has 2 N–H and O–H groups in total. The predicted molar refractivity (Wildman–Crippen MR) is 92.7 cm³/mol. The van der Waals surface area contributed by atoms with Gasteiger partial charge in [-0.1, -0.05) is 18.2 Å². The van der Waals surface area contributed by atoms with E-state index < -0.39 is 0 Å². The van der Waals surface area contributed by atoms with Crippen molar-refractivity contribution < 1.29 is 5.11 Å². The number of nitrogens with one attached hydrogen (secondary N) is 1. The van der Waals surface area contributed by atoms with E-state index in [1.807, 2.05) is 11.6 Å². The monoisotopic (exact) mass is 313 g/mol.